The van der Waals surface area contributed by atoms with Gasteiger partial charge in [0.25, 0.3) is 11.6 Å². The van der Waals surface area contributed by atoms with Gasteiger partial charge in [-0.15, -0.1) is 0 Å². The molecule has 0 fully saturated rings. The second kappa shape index (κ2) is 4.93. The molecule has 0 aliphatic heterocycles. The van der Waals surface area contributed by atoms with E-state index in [-0.39, 0.29) is 17.4 Å². The number of nitrogens with zero attached hydrogens (tertiary/aromatic N) is 1. The van der Waals surface area contributed by atoms with Gasteiger partial charge >= 0.3 is 0 Å². The summed E-state index contributed by atoms with van der Waals surface area (Å²) in [5.41, 5.74) is 1.15. The lowest BCUT2D eigenvalue weighted by Gasteiger charge is -2.07. The largest absolute Gasteiger partial charge is 0.426 e. The average molecular weight is 261 g/mol. The van der Waals surface area contributed by atoms with Crippen LogP contribution >= 0.6 is 0 Å². The van der Waals surface area contributed by atoms with Gasteiger partial charge in [-0.05, 0) is 31.5 Å². The average Bonchev–Trinajstić information content (AvgIpc) is 2.80. The molecule has 19 heavy (non-hydrogen) atoms. The van der Waals surface area contributed by atoms with Gasteiger partial charge in [0.15, 0.2) is 12.0 Å². The van der Waals surface area contributed by atoms with E-state index in [1.54, 1.807) is 19.9 Å². The van der Waals surface area contributed by atoms with Crippen molar-refractivity contribution in [2.24, 2.45) is 0 Å². The van der Waals surface area contributed by atoms with Crippen molar-refractivity contribution in [1.29, 1.82) is 0 Å². The molecule has 0 aliphatic rings. The molecule has 0 atom stereocenters. The van der Waals surface area contributed by atoms with Crippen LogP contribution in [-0.2, 0) is 0 Å². The van der Waals surface area contributed by atoms with Crippen LogP contribution in [0.2, 0.25) is 0 Å². The number of benzene rings is 1. The Hall–Kier alpha value is -2.63. The minimum absolute atomic E-state index is 0.0397. The van der Waals surface area contributed by atoms with Gasteiger partial charge in [0.2, 0.25) is 0 Å². The van der Waals surface area contributed by atoms with E-state index in [2.05, 4.69) is 0 Å². The molecule has 0 unspecified atom stereocenters. The van der Waals surface area contributed by atoms with Crippen LogP contribution in [0.5, 0.6) is 11.7 Å². The first-order valence-electron chi connectivity index (χ1n) is 5.50. The number of nitro benzene ring substituents is 1. The summed E-state index contributed by atoms with van der Waals surface area (Å²) in [4.78, 5) is 20.8. The highest BCUT2D eigenvalue weighted by molar-refractivity contribution is 5.70. The van der Waals surface area contributed by atoms with Crippen LogP contribution in [0.1, 0.15) is 21.7 Å². The third-order valence-corrected chi connectivity index (χ3v) is 2.62. The number of furan rings is 1. The molecule has 0 aliphatic carbocycles. The van der Waals surface area contributed by atoms with E-state index in [9.17, 15) is 14.9 Å². The molecule has 1 heterocycles. The standard InChI is InChI=1S/C13H11NO5/c1-8-6-12(9(2)5-11(8)14(16)17)19-13-4-3-10(7-15)18-13/h3-7H,1-2H3. The highest BCUT2D eigenvalue weighted by Crippen LogP contribution is 2.31. The first-order valence-corrected chi connectivity index (χ1v) is 5.50. The van der Waals surface area contributed by atoms with Gasteiger partial charge in [0.1, 0.15) is 5.75 Å². The molecule has 6 heteroatoms. The fourth-order valence-electron chi connectivity index (χ4n) is 1.64. The monoisotopic (exact) mass is 261 g/mol. The van der Waals surface area contributed by atoms with Gasteiger partial charge in [0.05, 0.1) is 4.92 Å². The third-order valence-electron chi connectivity index (χ3n) is 2.62. The summed E-state index contributed by atoms with van der Waals surface area (Å²) in [5, 5.41) is 10.8. The van der Waals surface area contributed by atoms with Crippen molar-refractivity contribution < 1.29 is 18.9 Å². The predicted molar refractivity (Wildman–Crippen MR) is 66.7 cm³/mol. The summed E-state index contributed by atoms with van der Waals surface area (Å²) in [6.45, 7) is 3.33. The van der Waals surface area contributed by atoms with Gasteiger partial charge in [-0.2, -0.15) is 0 Å². The van der Waals surface area contributed by atoms with Gasteiger partial charge in [-0.25, -0.2) is 0 Å². The van der Waals surface area contributed by atoms with E-state index in [4.69, 9.17) is 9.15 Å². The van der Waals surface area contributed by atoms with Crippen molar-refractivity contribution in [3.8, 4) is 11.7 Å². The van der Waals surface area contributed by atoms with E-state index in [0.717, 1.165) is 0 Å². The summed E-state index contributed by atoms with van der Waals surface area (Å²) in [5.74, 6) is 0.777. The molecule has 0 saturated heterocycles. The van der Waals surface area contributed by atoms with Crippen LogP contribution < -0.4 is 4.74 Å². The molecule has 0 amide bonds. The number of hydrogen-bond donors (Lipinski definition) is 0. The second-order valence-corrected chi connectivity index (χ2v) is 4.04. The second-order valence-electron chi connectivity index (χ2n) is 4.04. The lowest BCUT2D eigenvalue weighted by molar-refractivity contribution is -0.385. The molecule has 2 aromatic rings. The van der Waals surface area contributed by atoms with Crippen LogP contribution in [-0.4, -0.2) is 11.2 Å². The maximum Gasteiger partial charge on any atom is 0.290 e. The molecule has 0 radical (unpaired) electrons. The van der Waals surface area contributed by atoms with E-state index in [1.807, 2.05) is 0 Å². The Balaban J connectivity index is 2.33. The molecule has 1 aromatic heterocycles. The zero-order valence-corrected chi connectivity index (χ0v) is 10.4. The van der Waals surface area contributed by atoms with Crippen LogP contribution in [0.25, 0.3) is 0 Å². The Morgan fingerprint density at radius 1 is 1.26 bits per heavy atom. The topological polar surface area (TPSA) is 82.6 Å². The summed E-state index contributed by atoms with van der Waals surface area (Å²) in [6.07, 6.45) is 0.570. The van der Waals surface area contributed by atoms with Crippen LogP contribution in [0.15, 0.2) is 28.7 Å². The zero-order chi connectivity index (χ0) is 14.0. The third kappa shape index (κ3) is 2.62. The molecule has 0 bridgehead atoms. The van der Waals surface area contributed by atoms with Crippen molar-refractivity contribution in [3.05, 3.63) is 51.3 Å². The number of aryl methyl sites for hydroxylation is 2. The van der Waals surface area contributed by atoms with Crippen molar-refractivity contribution in [2.45, 2.75) is 13.8 Å². The van der Waals surface area contributed by atoms with E-state index < -0.39 is 4.92 Å². The molecule has 1 aromatic carbocycles. The fraction of sp³-hybridized carbons (Fsp3) is 0.154. The summed E-state index contributed by atoms with van der Waals surface area (Å²) < 4.78 is 10.5. The number of nitro groups is 1. The lowest BCUT2D eigenvalue weighted by Crippen LogP contribution is -1.95. The van der Waals surface area contributed by atoms with Gasteiger partial charge in [-0.1, -0.05) is 0 Å². The molecule has 0 spiro atoms. The van der Waals surface area contributed by atoms with Crippen molar-refractivity contribution in [3.63, 3.8) is 0 Å². The number of ether oxygens (including phenoxy) is 1. The molecular weight excluding hydrogens is 250 g/mol. The van der Waals surface area contributed by atoms with Crippen LogP contribution in [0.4, 0.5) is 5.69 Å². The molecule has 0 saturated carbocycles. The van der Waals surface area contributed by atoms with Crippen molar-refractivity contribution >= 4 is 12.0 Å². The fourth-order valence-corrected chi connectivity index (χ4v) is 1.64. The number of rotatable bonds is 4. The lowest BCUT2D eigenvalue weighted by atomic mass is 10.1. The highest BCUT2D eigenvalue weighted by Gasteiger charge is 2.15. The quantitative estimate of drug-likeness (QED) is 0.478. The van der Waals surface area contributed by atoms with Gasteiger partial charge in [-0.3, -0.25) is 14.9 Å². The number of hydrogen-bond acceptors (Lipinski definition) is 5. The number of carbonyl (C=O) groups is 1. The normalized spacial score (nSPS) is 10.2. The minimum atomic E-state index is -0.441. The Morgan fingerprint density at radius 2 is 2.00 bits per heavy atom. The Labute approximate surface area is 108 Å². The maximum absolute atomic E-state index is 10.8. The highest BCUT2D eigenvalue weighted by atomic mass is 16.6. The smallest absolute Gasteiger partial charge is 0.290 e. The van der Waals surface area contributed by atoms with E-state index in [1.165, 1.54) is 18.2 Å². The van der Waals surface area contributed by atoms with Gasteiger partial charge in [0, 0.05) is 17.7 Å². The summed E-state index contributed by atoms with van der Waals surface area (Å²) in [6, 6.07) is 6.00. The SMILES string of the molecule is Cc1cc([N+](=O)[O-])c(C)cc1Oc1ccc(C=O)o1. The first-order chi connectivity index (χ1) is 9.01. The Bertz CT molecular complexity index is 644. The predicted octanol–water partition coefficient (Wildman–Crippen LogP) is 3.41. The van der Waals surface area contributed by atoms with Gasteiger partial charge < -0.3 is 9.15 Å². The molecule has 98 valence electrons. The van der Waals surface area contributed by atoms with E-state index >= 15 is 0 Å². The molecule has 2 rings (SSSR count). The molecule has 0 N–H and O–H groups in total. The first kappa shape index (κ1) is 12.8. The molecule has 6 nitrogen and oxygen atoms in total. The van der Waals surface area contributed by atoms with E-state index in [0.29, 0.717) is 23.2 Å². The van der Waals surface area contributed by atoms with Crippen molar-refractivity contribution in [2.75, 3.05) is 0 Å². The number of aldehydes is 1. The number of carbonyl (C=O) groups excluding carboxylic acids is 1. The molecular formula is C13H11NO5. The van der Waals surface area contributed by atoms with Crippen LogP contribution in [0, 0.1) is 24.0 Å². The maximum atomic E-state index is 10.8. The summed E-state index contributed by atoms with van der Waals surface area (Å²) in [7, 11) is 0. The summed E-state index contributed by atoms with van der Waals surface area (Å²) >= 11 is 0. The minimum Gasteiger partial charge on any atom is -0.426 e. The Kier molecular flexibility index (Phi) is 3.33. The Morgan fingerprint density at radius 3 is 2.58 bits per heavy atom. The van der Waals surface area contributed by atoms with Crippen molar-refractivity contribution in [1.82, 2.24) is 0 Å². The zero-order valence-electron chi connectivity index (χ0n) is 10.4. The van der Waals surface area contributed by atoms with Crippen LogP contribution in [0.3, 0.4) is 0 Å².